The number of carbonyl (C=O) groups is 1. The minimum atomic E-state index is -0.221. The molecule has 1 amide bonds. The van der Waals surface area contributed by atoms with Gasteiger partial charge >= 0.3 is 0 Å². The van der Waals surface area contributed by atoms with Crippen LogP contribution < -0.4 is 5.32 Å². The summed E-state index contributed by atoms with van der Waals surface area (Å²) in [7, 11) is 1.96. The molecule has 0 aromatic carbocycles. The summed E-state index contributed by atoms with van der Waals surface area (Å²) < 4.78 is 9.69. The third kappa shape index (κ3) is 3.00. The third-order valence-electron chi connectivity index (χ3n) is 4.61. The van der Waals surface area contributed by atoms with E-state index in [1.165, 1.54) is 0 Å². The Morgan fingerprint density at radius 1 is 1.24 bits per heavy atom. The molecule has 0 bridgehead atoms. The van der Waals surface area contributed by atoms with Crippen molar-refractivity contribution in [2.24, 2.45) is 13.0 Å². The first-order chi connectivity index (χ1) is 12.2. The molecule has 3 aromatic rings. The van der Waals surface area contributed by atoms with Crippen molar-refractivity contribution in [1.82, 2.24) is 29.2 Å². The zero-order valence-electron chi connectivity index (χ0n) is 14.0. The lowest BCUT2D eigenvalue weighted by molar-refractivity contribution is -0.0337. The van der Waals surface area contributed by atoms with E-state index < -0.39 is 0 Å². The summed E-state index contributed by atoms with van der Waals surface area (Å²) in [4.78, 5) is 25.4. The van der Waals surface area contributed by atoms with E-state index in [1.807, 2.05) is 17.8 Å². The molecule has 1 aliphatic rings. The molecule has 4 heterocycles. The molecule has 8 nitrogen and oxygen atoms in total. The predicted octanol–water partition coefficient (Wildman–Crippen LogP) is 1.36. The van der Waals surface area contributed by atoms with Gasteiger partial charge in [-0.3, -0.25) is 4.79 Å². The van der Waals surface area contributed by atoms with Gasteiger partial charge in [0, 0.05) is 63.3 Å². The molecule has 8 heteroatoms. The molecule has 4 rings (SSSR count). The van der Waals surface area contributed by atoms with Gasteiger partial charge in [-0.25, -0.2) is 15.0 Å². The Morgan fingerprint density at radius 3 is 2.84 bits per heavy atom. The molecule has 1 N–H and O–H groups in total. The van der Waals surface area contributed by atoms with Gasteiger partial charge in [0.05, 0.1) is 0 Å². The van der Waals surface area contributed by atoms with Crippen molar-refractivity contribution >= 4 is 11.6 Å². The zero-order valence-corrected chi connectivity index (χ0v) is 14.0. The second-order valence-corrected chi connectivity index (χ2v) is 6.23. The van der Waals surface area contributed by atoms with Crippen LogP contribution in [0.15, 0.2) is 37.2 Å². The Bertz CT molecular complexity index is 886. The summed E-state index contributed by atoms with van der Waals surface area (Å²) in [6, 6.07) is 0. The van der Waals surface area contributed by atoms with Crippen molar-refractivity contribution < 1.29 is 9.53 Å². The smallest absolute Gasteiger partial charge is 0.273 e. The monoisotopic (exact) mass is 340 g/mol. The normalized spacial score (nSPS) is 20.7. The number of amides is 1. The standard InChI is InChI=1S/C17H20N6O2/c1-22-7-4-20-16(22)14-12(3-2-10-25-14)11-21-17(24)13-15-19-6-9-23(15)8-5-18-13/h4-9,12,14H,2-3,10-11H2,1H3,(H,21,24)/t12-,14+/m0/s1. The Hall–Kier alpha value is -2.74. The molecule has 1 aliphatic heterocycles. The number of aryl methyl sites for hydroxylation is 1. The van der Waals surface area contributed by atoms with Gasteiger partial charge in [-0.1, -0.05) is 0 Å². The van der Waals surface area contributed by atoms with Crippen molar-refractivity contribution in [2.45, 2.75) is 18.9 Å². The highest BCUT2D eigenvalue weighted by atomic mass is 16.5. The van der Waals surface area contributed by atoms with Gasteiger partial charge in [-0.05, 0) is 12.8 Å². The van der Waals surface area contributed by atoms with Crippen molar-refractivity contribution in [3.8, 4) is 0 Å². The lowest BCUT2D eigenvalue weighted by atomic mass is 9.93. The fraction of sp³-hybridized carbons (Fsp3) is 0.412. The minimum Gasteiger partial charge on any atom is -0.370 e. The highest BCUT2D eigenvalue weighted by Gasteiger charge is 2.30. The predicted molar refractivity (Wildman–Crippen MR) is 89.9 cm³/mol. The number of nitrogens with one attached hydrogen (secondary N) is 1. The van der Waals surface area contributed by atoms with E-state index in [4.69, 9.17) is 4.74 Å². The number of nitrogens with zero attached hydrogens (tertiary/aromatic N) is 5. The number of hydrogen-bond donors (Lipinski definition) is 1. The van der Waals surface area contributed by atoms with Crippen LogP contribution in [0.3, 0.4) is 0 Å². The minimum absolute atomic E-state index is 0.107. The molecular weight excluding hydrogens is 320 g/mol. The molecule has 2 atom stereocenters. The molecule has 130 valence electrons. The quantitative estimate of drug-likeness (QED) is 0.775. The van der Waals surface area contributed by atoms with Gasteiger partial charge in [0.15, 0.2) is 11.3 Å². The van der Waals surface area contributed by atoms with Crippen molar-refractivity contribution in [3.63, 3.8) is 0 Å². The molecule has 3 aromatic heterocycles. The van der Waals surface area contributed by atoms with Crippen LogP contribution in [0.2, 0.25) is 0 Å². The Kier molecular flexibility index (Phi) is 4.19. The number of fused-ring (bicyclic) bond motifs is 1. The summed E-state index contributed by atoms with van der Waals surface area (Å²) in [5.41, 5.74) is 0.887. The van der Waals surface area contributed by atoms with Crippen LogP contribution >= 0.6 is 0 Å². The van der Waals surface area contributed by atoms with E-state index >= 15 is 0 Å². The Balaban J connectivity index is 1.48. The zero-order chi connectivity index (χ0) is 17.2. The molecule has 25 heavy (non-hydrogen) atoms. The Labute approximate surface area is 144 Å². The molecule has 1 saturated heterocycles. The van der Waals surface area contributed by atoms with Gasteiger partial charge < -0.3 is 19.0 Å². The SMILES string of the molecule is Cn1ccnc1[C@@H]1OCCC[C@H]1CNC(=O)c1nccn2ccnc12. The van der Waals surface area contributed by atoms with E-state index in [0.717, 1.165) is 25.3 Å². The number of aromatic nitrogens is 5. The molecule has 0 unspecified atom stereocenters. The first kappa shape index (κ1) is 15.8. The molecule has 0 saturated carbocycles. The summed E-state index contributed by atoms with van der Waals surface area (Å²) in [6.45, 7) is 1.23. The highest BCUT2D eigenvalue weighted by molar-refractivity contribution is 5.97. The van der Waals surface area contributed by atoms with Gasteiger partial charge in [0.1, 0.15) is 11.9 Å². The van der Waals surface area contributed by atoms with E-state index in [0.29, 0.717) is 17.9 Å². The number of ether oxygens (including phenoxy) is 1. The molecule has 1 fully saturated rings. The maximum absolute atomic E-state index is 12.6. The summed E-state index contributed by atoms with van der Waals surface area (Å²) in [5.74, 6) is 0.853. The molecule has 0 radical (unpaired) electrons. The van der Waals surface area contributed by atoms with Crippen LogP contribution in [0.5, 0.6) is 0 Å². The fourth-order valence-corrected chi connectivity index (χ4v) is 3.31. The maximum atomic E-state index is 12.6. The number of carbonyl (C=O) groups excluding carboxylic acids is 1. The summed E-state index contributed by atoms with van der Waals surface area (Å²) >= 11 is 0. The van der Waals surface area contributed by atoms with E-state index in [2.05, 4.69) is 20.3 Å². The third-order valence-corrected chi connectivity index (χ3v) is 4.61. The van der Waals surface area contributed by atoms with Crippen LogP contribution in [-0.4, -0.2) is 43.0 Å². The van der Waals surface area contributed by atoms with Gasteiger partial charge in [-0.2, -0.15) is 0 Å². The first-order valence-corrected chi connectivity index (χ1v) is 8.39. The lowest BCUT2D eigenvalue weighted by Gasteiger charge is -2.31. The number of hydrogen-bond acceptors (Lipinski definition) is 5. The number of rotatable bonds is 4. The molecular formula is C17H20N6O2. The van der Waals surface area contributed by atoms with Crippen LogP contribution in [0, 0.1) is 5.92 Å². The van der Waals surface area contributed by atoms with Crippen LogP contribution in [0.1, 0.15) is 35.3 Å². The fourth-order valence-electron chi connectivity index (χ4n) is 3.31. The highest BCUT2D eigenvalue weighted by Crippen LogP contribution is 2.32. The van der Waals surface area contributed by atoms with Gasteiger partial charge in [0.25, 0.3) is 5.91 Å². The van der Waals surface area contributed by atoms with Gasteiger partial charge in [-0.15, -0.1) is 0 Å². The summed E-state index contributed by atoms with van der Waals surface area (Å²) in [5, 5.41) is 2.99. The average Bonchev–Trinajstić information content (AvgIpc) is 3.28. The molecule has 0 aliphatic carbocycles. The Morgan fingerprint density at radius 2 is 2.04 bits per heavy atom. The van der Waals surface area contributed by atoms with Crippen LogP contribution in [-0.2, 0) is 11.8 Å². The first-order valence-electron chi connectivity index (χ1n) is 8.39. The lowest BCUT2D eigenvalue weighted by Crippen LogP contribution is -2.36. The summed E-state index contributed by atoms with van der Waals surface area (Å²) in [6.07, 6.45) is 12.4. The van der Waals surface area contributed by atoms with Crippen molar-refractivity contribution in [3.05, 3.63) is 48.7 Å². The molecule has 0 spiro atoms. The van der Waals surface area contributed by atoms with Gasteiger partial charge in [0.2, 0.25) is 0 Å². The average molecular weight is 340 g/mol. The van der Waals surface area contributed by atoms with E-state index in [-0.39, 0.29) is 17.9 Å². The van der Waals surface area contributed by atoms with E-state index in [9.17, 15) is 4.79 Å². The topological polar surface area (TPSA) is 86.3 Å². The second-order valence-electron chi connectivity index (χ2n) is 6.23. The maximum Gasteiger partial charge on any atom is 0.273 e. The van der Waals surface area contributed by atoms with Crippen LogP contribution in [0.25, 0.3) is 5.65 Å². The van der Waals surface area contributed by atoms with E-state index in [1.54, 1.807) is 35.4 Å². The number of imidazole rings is 2. The van der Waals surface area contributed by atoms with Crippen molar-refractivity contribution in [2.75, 3.05) is 13.2 Å². The van der Waals surface area contributed by atoms with Crippen molar-refractivity contribution in [1.29, 1.82) is 0 Å². The van der Waals surface area contributed by atoms with Crippen LogP contribution in [0.4, 0.5) is 0 Å². The second kappa shape index (κ2) is 6.64. The largest absolute Gasteiger partial charge is 0.370 e.